The van der Waals surface area contributed by atoms with E-state index in [4.69, 9.17) is 0 Å². The zero-order valence-corrected chi connectivity index (χ0v) is 25.7. The van der Waals surface area contributed by atoms with Crippen LogP contribution in [0.15, 0.2) is 72.0 Å². The molecule has 1 N–H and O–H groups in total. The molecule has 3 aromatic carbocycles. The Balaban J connectivity index is 1.14. The molecule has 0 bridgehead atoms. The molecule has 1 aliphatic heterocycles. The minimum absolute atomic E-state index is 0.141. The lowest BCUT2D eigenvalue weighted by molar-refractivity contribution is -0.274. The smallest absolute Gasteiger partial charge is 0.406 e. The van der Waals surface area contributed by atoms with Crippen molar-refractivity contribution in [1.82, 2.24) is 20.1 Å². The lowest BCUT2D eigenvalue weighted by atomic mass is 9.99. The van der Waals surface area contributed by atoms with Crippen molar-refractivity contribution in [2.45, 2.75) is 40.0 Å². The number of hydrogen-bond donors (Lipinski definition) is 1. The Morgan fingerprint density at radius 2 is 1.75 bits per heavy atom. The molecular weight excluding hydrogens is 589 g/mol. The molecule has 5 rings (SSSR count). The summed E-state index contributed by atoms with van der Waals surface area (Å²) in [4.78, 5) is 23.7. The molecule has 1 amide bonds. The molecule has 1 saturated heterocycles. The Morgan fingerprint density at radius 3 is 2.41 bits per heavy atom. The summed E-state index contributed by atoms with van der Waals surface area (Å²) in [5.41, 5.74) is 7.15. The molecule has 12 heteroatoms. The van der Waals surface area contributed by atoms with E-state index >= 15 is 0 Å². The van der Waals surface area contributed by atoms with Gasteiger partial charge in [-0.15, -0.1) is 18.3 Å². The highest BCUT2D eigenvalue weighted by molar-refractivity contribution is 8.14. The van der Waals surface area contributed by atoms with Crippen LogP contribution in [0.2, 0.25) is 0 Å². The monoisotopic (exact) mass is 622 g/mol. The first kappa shape index (κ1) is 31.3. The fraction of sp³-hybridized carbons (Fsp3) is 0.312. The third-order valence-corrected chi connectivity index (χ3v) is 8.15. The maximum absolute atomic E-state index is 12.7. The number of aryl methyl sites for hydroxylation is 3. The van der Waals surface area contributed by atoms with Gasteiger partial charge in [-0.2, -0.15) is 4.99 Å². The van der Waals surface area contributed by atoms with Crippen LogP contribution in [0.4, 0.5) is 18.9 Å². The molecule has 44 heavy (non-hydrogen) atoms. The zero-order chi connectivity index (χ0) is 31.4. The van der Waals surface area contributed by atoms with Crippen molar-refractivity contribution >= 4 is 28.5 Å². The second-order valence-corrected chi connectivity index (χ2v) is 11.8. The van der Waals surface area contributed by atoms with Crippen LogP contribution < -0.4 is 15.0 Å². The summed E-state index contributed by atoms with van der Waals surface area (Å²) in [5.74, 6) is 1.01. The third kappa shape index (κ3) is 7.67. The van der Waals surface area contributed by atoms with Gasteiger partial charge in [-0.3, -0.25) is 4.79 Å². The lowest BCUT2D eigenvalue weighted by Crippen LogP contribution is -2.29. The number of benzene rings is 3. The van der Waals surface area contributed by atoms with Gasteiger partial charge in [-0.05, 0) is 67.6 Å². The second-order valence-electron chi connectivity index (χ2n) is 10.7. The van der Waals surface area contributed by atoms with E-state index in [0.717, 1.165) is 34.3 Å². The van der Waals surface area contributed by atoms with E-state index in [9.17, 15) is 18.0 Å². The van der Waals surface area contributed by atoms with E-state index < -0.39 is 6.36 Å². The molecule has 1 fully saturated rings. The number of amides is 1. The maximum atomic E-state index is 12.7. The molecule has 1 unspecified atom stereocenters. The number of amidine groups is 1. The Labute approximate surface area is 258 Å². The number of thioether (sulfide) groups is 1. The van der Waals surface area contributed by atoms with Crippen LogP contribution in [0.5, 0.6) is 5.75 Å². The topological polar surface area (TPSA) is 84.6 Å². The standard InChI is InChI=1S/C32H33F3N6O2S/c1-20-15-21(2)29(22(3)16-20)40-13-14-44-31(40)38-28(42)18-36-17-23(4)24-5-7-25(8-6-24)30-37-19-41(39-30)26-9-11-27(12-10-26)43-32(33,34)35/h5-12,15-16,19,23,36H,13-14,17-18H2,1-4H3. The average Bonchev–Trinajstić information content (AvgIpc) is 3.63. The average molecular weight is 623 g/mol. The van der Waals surface area contributed by atoms with Crippen LogP contribution in [-0.2, 0) is 4.79 Å². The SMILES string of the molecule is Cc1cc(C)c(N2CCSC2=NC(=O)CNCC(C)c2ccc(-c3ncn(-c4ccc(OC(F)(F)F)cc4)n3)cc2)c(C)c1. The number of aliphatic imine (C=N–C) groups is 1. The van der Waals surface area contributed by atoms with Gasteiger partial charge in [0.25, 0.3) is 5.91 Å². The third-order valence-electron chi connectivity index (χ3n) is 7.19. The minimum Gasteiger partial charge on any atom is -0.406 e. The largest absolute Gasteiger partial charge is 0.573 e. The summed E-state index contributed by atoms with van der Waals surface area (Å²) in [6.07, 6.45) is -3.24. The van der Waals surface area contributed by atoms with Crippen LogP contribution in [0, 0.1) is 20.8 Å². The van der Waals surface area contributed by atoms with Gasteiger partial charge in [-0.25, -0.2) is 9.67 Å². The van der Waals surface area contributed by atoms with Crippen molar-refractivity contribution in [3.63, 3.8) is 0 Å². The van der Waals surface area contributed by atoms with Gasteiger partial charge in [0.1, 0.15) is 12.1 Å². The lowest BCUT2D eigenvalue weighted by Gasteiger charge is -2.23. The number of anilines is 1. The molecule has 0 saturated carbocycles. The number of alkyl halides is 3. The summed E-state index contributed by atoms with van der Waals surface area (Å²) >= 11 is 1.61. The summed E-state index contributed by atoms with van der Waals surface area (Å²) in [7, 11) is 0. The molecule has 0 radical (unpaired) electrons. The van der Waals surface area contributed by atoms with Gasteiger partial charge in [-0.1, -0.05) is 60.6 Å². The van der Waals surface area contributed by atoms with Gasteiger partial charge in [0, 0.05) is 30.1 Å². The molecule has 0 aliphatic carbocycles. The zero-order valence-electron chi connectivity index (χ0n) is 24.9. The molecule has 230 valence electrons. The first-order valence-corrected chi connectivity index (χ1v) is 15.1. The highest BCUT2D eigenvalue weighted by atomic mass is 32.2. The molecule has 1 aromatic heterocycles. The Morgan fingerprint density at radius 1 is 1.07 bits per heavy atom. The summed E-state index contributed by atoms with van der Waals surface area (Å²) in [5, 5.41) is 8.45. The maximum Gasteiger partial charge on any atom is 0.573 e. The van der Waals surface area contributed by atoms with Crippen molar-refractivity contribution in [3.05, 3.63) is 89.2 Å². The molecule has 1 aliphatic rings. The molecule has 1 atom stereocenters. The van der Waals surface area contributed by atoms with Crippen molar-refractivity contribution in [3.8, 4) is 22.8 Å². The van der Waals surface area contributed by atoms with Gasteiger partial charge in [0.2, 0.25) is 0 Å². The van der Waals surface area contributed by atoms with E-state index in [1.54, 1.807) is 11.8 Å². The Kier molecular flexibility index (Phi) is 9.40. The van der Waals surface area contributed by atoms with Gasteiger partial charge in [0.05, 0.1) is 12.2 Å². The number of halogens is 3. The normalized spacial score (nSPS) is 15.2. The van der Waals surface area contributed by atoms with Gasteiger partial charge < -0.3 is 15.0 Å². The van der Waals surface area contributed by atoms with E-state index in [1.165, 1.54) is 52.0 Å². The number of nitrogens with zero attached hydrogens (tertiary/aromatic N) is 5. The second kappa shape index (κ2) is 13.2. The van der Waals surface area contributed by atoms with E-state index in [1.807, 2.05) is 24.3 Å². The highest BCUT2D eigenvalue weighted by Gasteiger charge is 2.31. The van der Waals surface area contributed by atoms with E-state index in [2.05, 4.69) is 69.9 Å². The van der Waals surface area contributed by atoms with Crippen LogP contribution in [0.25, 0.3) is 17.1 Å². The van der Waals surface area contributed by atoms with Crippen molar-refractivity contribution < 1.29 is 22.7 Å². The number of carbonyl (C=O) groups excluding carboxylic acids is 1. The van der Waals surface area contributed by atoms with Crippen molar-refractivity contribution in [2.24, 2.45) is 4.99 Å². The minimum atomic E-state index is -4.74. The molecule has 2 heterocycles. The number of hydrogen-bond acceptors (Lipinski definition) is 6. The number of nitrogens with one attached hydrogen (secondary N) is 1. The Bertz CT molecular complexity index is 1630. The number of aromatic nitrogens is 3. The highest BCUT2D eigenvalue weighted by Crippen LogP contribution is 2.32. The first-order valence-electron chi connectivity index (χ1n) is 14.2. The van der Waals surface area contributed by atoms with Gasteiger partial charge >= 0.3 is 6.36 Å². The summed E-state index contributed by atoms with van der Waals surface area (Å²) in [6, 6.07) is 17.5. The molecular formula is C32H33F3N6O2S. The predicted molar refractivity (Wildman–Crippen MR) is 168 cm³/mol. The van der Waals surface area contributed by atoms with E-state index in [0.29, 0.717) is 18.1 Å². The number of rotatable bonds is 9. The van der Waals surface area contributed by atoms with Crippen molar-refractivity contribution in [2.75, 3.05) is 30.3 Å². The molecule has 4 aromatic rings. The number of ether oxygens (including phenoxy) is 1. The van der Waals surface area contributed by atoms with Crippen LogP contribution in [0.1, 0.15) is 35.1 Å². The quantitative estimate of drug-likeness (QED) is 0.226. The first-order chi connectivity index (χ1) is 21.0. The van der Waals surface area contributed by atoms with Crippen LogP contribution in [-0.4, -0.2) is 57.6 Å². The fourth-order valence-electron chi connectivity index (χ4n) is 5.24. The van der Waals surface area contributed by atoms with E-state index in [-0.39, 0.29) is 24.1 Å². The molecule has 8 nitrogen and oxygen atoms in total. The predicted octanol–water partition coefficient (Wildman–Crippen LogP) is 6.59. The van der Waals surface area contributed by atoms with Crippen molar-refractivity contribution in [1.29, 1.82) is 0 Å². The molecule has 0 spiro atoms. The van der Waals surface area contributed by atoms with Gasteiger partial charge in [0.15, 0.2) is 11.0 Å². The number of carbonyl (C=O) groups is 1. The Hall–Kier alpha value is -4.16. The van der Waals surface area contributed by atoms with Crippen LogP contribution >= 0.6 is 11.8 Å². The summed E-state index contributed by atoms with van der Waals surface area (Å²) in [6.45, 7) is 9.93. The fourth-order valence-corrected chi connectivity index (χ4v) is 6.20. The van der Waals surface area contributed by atoms with Crippen LogP contribution in [0.3, 0.4) is 0 Å². The summed E-state index contributed by atoms with van der Waals surface area (Å²) < 4.78 is 42.6.